The molecule has 0 fully saturated rings. The molecule has 2 aromatic carbocycles. The summed E-state index contributed by atoms with van der Waals surface area (Å²) in [5.41, 5.74) is 16.1. The van der Waals surface area contributed by atoms with Crippen LogP contribution >= 0.6 is 0 Å². The first kappa shape index (κ1) is 21.5. The van der Waals surface area contributed by atoms with Crippen LogP contribution in [0.25, 0.3) is 22.1 Å². The Morgan fingerprint density at radius 3 is 1.78 bits per heavy atom. The second-order valence-corrected chi connectivity index (χ2v) is 8.29. The quantitative estimate of drug-likeness (QED) is 0.124. The summed E-state index contributed by atoms with van der Waals surface area (Å²) >= 11 is 0. The number of aromatic nitrogens is 4. The van der Waals surface area contributed by atoms with Gasteiger partial charge in [-0.25, -0.2) is 9.97 Å². The number of benzene rings is 2. The van der Waals surface area contributed by atoms with E-state index in [0.717, 1.165) is 46.6 Å². The molecule has 0 bridgehead atoms. The average Bonchev–Trinajstić information content (AvgIpc) is 3.38. The SMILES string of the molecule is CCCCCCCC(c1nc2ccc(C(=N)N)cc2[nH]1)c1nc2ccc(C(=N)N)cc2[nH]1. The fourth-order valence-corrected chi connectivity index (χ4v) is 4.08. The summed E-state index contributed by atoms with van der Waals surface area (Å²) in [5.74, 6) is 1.75. The molecule has 0 radical (unpaired) electrons. The van der Waals surface area contributed by atoms with Crippen LogP contribution in [0.5, 0.6) is 0 Å². The van der Waals surface area contributed by atoms with E-state index >= 15 is 0 Å². The molecule has 32 heavy (non-hydrogen) atoms. The number of imidazole rings is 2. The molecular weight excluding hydrogens is 400 g/mol. The maximum Gasteiger partial charge on any atom is 0.122 e. The van der Waals surface area contributed by atoms with Crippen molar-refractivity contribution < 1.29 is 0 Å². The number of hydrogen-bond acceptors (Lipinski definition) is 4. The van der Waals surface area contributed by atoms with Gasteiger partial charge in [0.2, 0.25) is 0 Å². The Morgan fingerprint density at radius 1 is 0.812 bits per heavy atom. The Hall–Kier alpha value is -3.68. The van der Waals surface area contributed by atoms with Crippen molar-refractivity contribution in [2.24, 2.45) is 11.5 Å². The van der Waals surface area contributed by atoms with E-state index in [4.69, 9.17) is 32.3 Å². The van der Waals surface area contributed by atoms with Crippen molar-refractivity contribution in [3.8, 4) is 0 Å². The summed E-state index contributed by atoms with van der Waals surface area (Å²) in [5, 5.41) is 15.4. The van der Waals surface area contributed by atoms with Crippen molar-refractivity contribution in [1.82, 2.24) is 19.9 Å². The highest BCUT2D eigenvalue weighted by Crippen LogP contribution is 2.30. The van der Waals surface area contributed by atoms with Gasteiger partial charge in [-0.2, -0.15) is 0 Å². The largest absolute Gasteiger partial charge is 0.384 e. The van der Waals surface area contributed by atoms with Gasteiger partial charge < -0.3 is 21.4 Å². The summed E-state index contributed by atoms with van der Waals surface area (Å²) in [7, 11) is 0. The van der Waals surface area contributed by atoms with E-state index in [1.54, 1.807) is 0 Å². The van der Waals surface area contributed by atoms with Gasteiger partial charge in [-0.1, -0.05) is 39.0 Å². The van der Waals surface area contributed by atoms with Gasteiger partial charge in [0, 0.05) is 11.1 Å². The topological polar surface area (TPSA) is 157 Å². The number of nitrogens with one attached hydrogen (secondary N) is 4. The van der Waals surface area contributed by atoms with E-state index in [1.807, 2.05) is 36.4 Å². The molecule has 0 aliphatic carbocycles. The van der Waals surface area contributed by atoms with Crippen LogP contribution in [-0.2, 0) is 0 Å². The molecule has 0 saturated carbocycles. The van der Waals surface area contributed by atoms with Crippen LogP contribution < -0.4 is 11.5 Å². The molecule has 8 heteroatoms. The minimum absolute atomic E-state index is 0.0158. The molecule has 0 unspecified atom stereocenters. The summed E-state index contributed by atoms with van der Waals surface area (Å²) in [4.78, 5) is 16.6. The van der Waals surface area contributed by atoms with Gasteiger partial charge in [0.25, 0.3) is 0 Å². The first-order valence-corrected chi connectivity index (χ1v) is 11.1. The van der Waals surface area contributed by atoms with Crippen LogP contribution in [-0.4, -0.2) is 31.6 Å². The molecule has 0 spiro atoms. The molecule has 0 saturated heterocycles. The van der Waals surface area contributed by atoms with E-state index < -0.39 is 0 Å². The molecule has 0 atom stereocenters. The fraction of sp³-hybridized carbons (Fsp3) is 0.333. The van der Waals surface area contributed by atoms with E-state index in [1.165, 1.54) is 25.7 Å². The van der Waals surface area contributed by atoms with Gasteiger partial charge >= 0.3 is 0 Å². The molecule has 0 aliphatic heterocycles. The third-order valence-electron chi connectivity index (χ3n) is 5.88. The molecular formula is C24H30N8. The normalized spacial score (nSPS) is 12.4. The van der Waals surface area contributed by atoms with Crippen LogP contribution in [0.15, 0.2) is 36.4 Å². The lowest BCUT2D eigenvalue weighted by molar-refractivity contribution is 0.560. The van der Waals surface area contributed by atoms with Crippen molar-refractivity contribution in [1.29, 1.82) is 10.8 Å². The molecule has 8 nitrogen and oxygen atoms in total. The zero-order valence-electron chi connectivity index (χ0n) is 18.3. The lowest BCUT2D eigenvalue weighted by Crippen LogP contribution is -2.10. The first-order chi connectivity index (χ1) is 15.5. The smallest absolute Gasteiger partial charge is 0.122 e. The zero-order chi connectivity index (χ0) is 22.7. The number of rotatable bonds is 10. The number of unbranched alkanes of at least 4 members (excludes halogenated alkanes) is 4. The maximum absolute atomic E-state index is 7.70. The average molecular weight is 431 g/mol. The molecule has 2 heterocycles. The number of nitrogen functional groups attached to an aromatic ring is 2. The molecule has 4 aromatic rings. The lowest BCUT2D eigenvalue weighted by Gasteiger charge is -2.12. The third kappa shape index (κ3) is 4.49. The second-order valence-electron chi connectivity index (χ2n) is 8.29. The molecule has 0 amide bonds. The van der Waals surface area contributed by atoms with E-state index in [9.17, 15) is 0 Å². The Bertz CT molecular complexity index is 1170. The number of hydrogen-bond donors (Lipinski definition) is 6. The van der Waals surface area contributed by atoms with Crippen LogP contribution in [0.1, 0.15) is 74.1 Å². The number of fused-ring (bicyclic) bond motifs is 2. The standard InChI is InChI=1S/C24H30N8/c1-2-3-4-5-6-7-16(23-29-17-10-8-14(21(25)26)12-19(17)31-23)24-30-18-11-9-15(22(27)28)13-20(18)32-24/h8-13,16H,2-7H2,1H3,(H3,25,26)(H3,27,28)(H,29,31)(H,30,32). The Morgan fingerprint density at radius 2 is 1.31 bits per heavy atom. The number of nitrogens with two attached hydrogens (primary N) is 2. The summed E-state index contributed by atoms with van der Waals surface area (Å²) in [6.45, 7) is 2.22. The molecule has 2 aromatic heterocycles. The molecule has 8 N–H and O–H groups in total. The number of aromatic amines is 2. The summed E-state index contributed by atoms with van der Waals surface area (Å²) in [6, 6.07) is 11.2. The Kier molecular flexibility index (Phi) is 6.20. The van der Waals surface area contributed by atoms with Crippen molar-refractivity contribution in [3.63, 3.8) is 0 Å². The summed E-state index contributed by atoms with van der Waals surface area (Å²) < 4.78 is 0. The van der Waals surface area contributed by atoms with Crippen molar-refractivity contribution in [3.05, 3.63) is 59.2 Å². The molecule has 4 rings (SSSR count). The highest BCUT2D eigenvalue weighted by Gasteiger charge is 2.22. The van der Waals surface area contributed by atoms with Crippen molar-refractivity contribution >= 4 is 33.7 Å². The number of H-pyrrole nitrogens is 2. The Labute approximate surface area is 186 Å². The van der Waals surface area contributed by atoms with Gasteiger partial charge in [0.1, 0.15) is 23.3 Å². The van der Waals surface area contributed by atoms with E-state index in [2.05, 4.69) is 16.9 Å². The van der Waals surface area contributed by atoms with Gasteiger partial charge in [0.15, 0.2) is 0 Å². The minimum Gasteiger partial charge on any atom is -0.384 e. The summed E-state index contributed by atoms with van der Waals surface area (Å²) in [6.07, 6.45) is 6.87. The number of amidine groups is 2. The number of nitrogens with zero attached hydrogens (tertiary/aromatic N) is 2. The predicted molar refractivity (Wildman–Crippen MR) is 129 cm³/mol. The van der Waals surface area contributed by atoms with Crippen LogP contribution in [0.2, 0.25) is 0 Å². The lowest BCUT2D eigenvalue weighted by atomic mass is 9.99. The third-order valence-corrected chi connectivity index (χ3v) is 5.88. The minimum atomic E-state index is -0.0158. The van der Waals surface area contributed by atoms with E-state index in [-0.39, 0.29) is 17.6 Å². The van der Waals surface area contributed by atoms with Crippen molar-refractivity contribution in [2.45, 2.75) is 51.4 Å². The second kappa shape index (κ2) is 9.21. The fourth-order valence-electron chi connectivity index (χ4n) is 4.08. The maximum atomic E-state index is 7.70. The van der Waals surface area contributed by atoms with Crippen molar-refractivity contribution in [2.75, 3.05) is 0 Å². The van der Waals surface area contributed by atoms with Crippen LogP contribution in [0, 0.1) is 10.8 Å². The van der Waals surface area contributed by atoms with Gasteiger partial charge in [0.05, 0.1) is 28.0 Å². The Balaban J connectivity index is 1.70. The monoisotopic (exact) mass is 430 g/mol. The van der Waals surface area contributed by atoms with Gasteiger partial charge in [-0.15, -0.1) is 0 Å². The highest BCUT2D eigenvalue weighted by molar-refractivity contribution is 5.98. The van der Waals surface area contributed by atoms with Gasteiger partial charge in [-0.05, 0) is 42.8 Å². The highest BCUT2D eigenvalue weighted by atomic mass is 15.0. The first-order valence-electron chi connectivity index (χ1n) is 11.1. The van der Waals surface area contributed by atoms with Crippen LogP contribution in [0.3, 0.4) is 0 Å². The van der Waals surface area contributed by atoms with E-state index in [0.29, 0.717) is 11.1 Å². The van der Waals surface area contributed by atoms with Crippen LogP contribution in [0.4, 0.5) is 0 Å². The zero-order valence-corrected chi connectivity index (χ0v) is 18.3. The predicted octanol–water partition coefficient (Wildman–Crippen LogP) is 4.50. The van der Waals surface area contributed by atoms with Gasteiger partial charge in [-0.3, -0.25) is 10.8 Å². The molecule has 166 valence electrons. The molecule has 0 aliphatic rings.